The fourth-order valence-corrected chi connectivity index (χ4v) is 3.22. The summed E-state index contributed by atoms with van der Waals surface area (Å²) in [5.74, 6) is 1.18. The first-order valence-electron chi connectivity index (χ1n) is 6.55. The first-order chi connectivity index (χ1) is 9.72. The minimum absolute atomic E-state index is 0.0739. The van der Waals surface area contributed by atoms with Crippen LogP contribution in [0.4, 0.5) is 0 Å². The summed E-state index contributed by atoms with van der Waals surface area (Å²) >= 11 is 12.5. The van der Waals surface area contributed by atoms with Crippen LogP contribution >= 0.6 is 23.2 Å². The summed E-state index contributed by atoms with van der Waals surface area (Å²) in [7, 11) is 1.93. The lowest BCUT2D eigenvalue weighted by Gasteiger charge is -2.24. The second-order valence-corrected chi connectivity index (χ2v) is 5.65. The molecule has 0 saturated carbocycles. The van der Waals surface area contributed by atoms with E-state index in [1.807, 2.05) is 37.4 Å². The van der Waals surface area contributed by atoms with Gasteiger partial charge in [-0.2, -0.15) is 0 Å². The normalized spacial score (nSPS) is 18.4. The van der Waals surface area contributed by atoms with Crippen LogP contribution in [0.5, 0.6) is 5.75 Å². The molecule has 1 aliphatic rings. The highest BCUT2D eigenvalue weighted by Gasteiger charge is 2.32. The molecule has 2 atom stereocenters. The highest BCUT2D eigenvalue weighted by atomic mass is 35.5. The maximum absolute atomic E-state index is 6.36. The Morgan fingerprint density at radius 1 is 1.15 bits per heavy atom. The monoisotopic (exact) mass is 307 g/mol. The molecule has 0 aliphatic carbocycles. The molecule has 2 aromatic carbocycles. The van der Waals surface area contributed by atoms with E-state index in [-0.39, 0.29) is 12.0 Å². The van der Waals surface area contributed by atoms with Crippen molar-refractivity contribution in [2.24, 2.45) is 0 Å². The number of hydrogen-bond donors (Lipinski definition) is 1. The summed E-state index contributed by atoms with van der Waals surface area (Å²) in [6, 6.07) is 13.9. The summed E-state index contributed by atoms with van der Waals surface area (Å²) in [4.78, 5) is 0. The number of ether oxygens (including phenoxy) is 1. The Labute approximate surface area is 128 Å². The van der Waals surface area contributed by atoms with Crippen molar-refractivity contribution in [2.45, 2.75) is 12.0 Å². The van der Waals surface area contributed by atoms with Crippen molar-refractivity contribution in [3.8, 4) is 5.75 Å². The quantitative estimate of drug-likeness (QED) is 0.905. The van der Waals surface area contributed by atoms with Crippen LogP contribution < -0.4 is 10.1 Å². The predicted octanol–water partition coefficient (Wildman–Crippen LogP) is 4.43. The van der Waals surface area contributed by atoms with E-state index in [1.54, 1.807) is 6.07 Å². The average molecular weight is 308 g/mol. The number of nitrogens with one attached hydrogen (secondary N) is 1. The van der Waals surface area contributed by atoms with Crippen LogP contribution in [0, 0.1) is 0 Å². The Bertz CT molecular complexity index is 630. The summed E-state index contributed by atoms with van der Waals surface area (Å²) in [5, 5.41) is 4.54. The number of rotatable bonds is 3. The minimum atomic E-state index is 0.0739. The molecular formula is C16H15Cl2NO. The molecule has 3 rings (SSSR count). The topological polar surface area (TPSA) is 21.3 Å². The molecule has 0 saturated heterocycles. The van der Waals surface area contributed by atoms with Gasteiger partial charge in [-0.1, -0.05) is 53.5 Å². The molecule has 0 bridgehead atoms. The summed E-state index contributed by atoms with van der Waals surface area (Å²) in [6.07, 6.45) is 0. The van der Waals surface area contributed by atoms with E-state index in [4.69, 9.17) is 27.9 Å². The number of benzene rings is 2. The second-order valence-electron chi connectivity index (χ2n) is 4.86. The molecule has 2 nitrogen and oxygen atoms in total. The standard InChI is InChI=1S/C16H15Cl2NO/c1-19-16(11-6-4-7-13(17)15(11)18)12-9-20-14-8-3-2-5-10(12)14/h2-8,12,16,19H,9H2,1H3. The molecule has 2 unspecified atom stereocenters. The van der Waals surface area contributed by atoms with E-state index in [0.717, 1.165) is 11.3 Å². The Morgan fingerprint density at radius 2 is 1.95 bits per heavy atom. The predicted molar refractivity (Wildman–Crippen MR) is 82.9 cm³/mol. The van der Waals surface area contributed by atoms with Crippen molar-refractivity contribution in [1.29, 1.82) is 0 Å². The van der Waals surface area contributed by atoms with Gasteiger partial charge in [0.25, 0.3) is 0 Å². The maximum atomic E-state index is 6.36. The van der Waals surface area contributed by atoms with Crippen LogP contribution in [0.3, 0.4) is 0 Å². The third kappa shape index (κ3) is 2.28. The van der Waals surface area contributed by atoms with Crippen LogP contribution in [-0.4, -0.2) is 13.7 Å². The van der Waals surface area contributed by atoms with Gasteiger partial charge in [0, 0.05) is 17.5 Å². The van der Waals surface area contributed by atoms with Crippen molar-refractivity contribution in [1.82, 2.24) is 5.32 Å². The van der Waals surface area contributed by atoms with Gasteiger partial charge in [0.15, 0.2) is 0 Å². The molecule has 1 N–H and O–H groups in total. The Balaban J connectivity index is 2.02. The number of hydrogen-bond acceptors (Lipinski definition) is 2. The minimum Gasteiger partial charge on any atom is -0.493 e. The average Bonchev–Trinajstić information content (AvgIpc) is 2.88. The summed E-state index contributed by atoms with van der Waals surface area (Å²) in [5.41, 5.74) is 2.22. The Hall–Kier alpha value is -1.22. The number of halogens is 2. The van der Waals surface area contributed by atoms with E-state index in [9.17, 15) is 0 Å². The van der Waals surface area contributed by atoms with Crippen LogP contribution in [0.2, 0.25) is 10.0 Å². The first kappa shape index (κ1) is 13.7. The van der Waals surface area contributed by atoms with Gasteiger partial charge in [-0.15, -0.1) is 0 Å². The van der Waals surface area contributed by atoms with Crippen molar-refractivity contribution in [3.63, 3.8) is 0 Å². The zero-order valence-electron chi connectivity index (χ0n) is 11.1. The zero-order valence-corrected chi connectivity index (χ0v) is 12.6. The van der Waals surface area contributed by atoms with E-state index in [1.165, 1.54) is 5.56 Å². The molecule has 20 heavy (non-hydrogen) atoms. The lowest BCUT2D eigenvalue weighted by atomic mass is 9.88. The molecule has 4 heteroatoms. The molecule has 1 heterocycles. The van der Waals surface area contributed by atoms with Crippen LogP contribution in [-0.2, 0) is 0 Å². The number of para-hydroxylation sites is 1. The van der Waals surface area contributed by atoms with Crippen LogP contribution in [0.1, 0.15) is 23.1 Å². The molecule has 104 valence electrons. The zero-order chi connectivity index (χ0) is 14.1. The van der Waals surface area contributed by atoms with Gasteiger partial charge in [0.2, 0.25) is 0 Å². The highest BCUT2D eigenvalue weighted by Crippen LogP contribution is 2.43. The van der Waals surface area contributed by atoms with Gasteiger partial charge in [-0.25, -0.2) is 0 Å². The van der Waals surface area contributed by atoms with Crippen molar-refractivity contribution >= 4 is 23.2 Å². The number of fused-ring (bicyclic) bond motifs is 1. The van der Waals surface area contributed by atoms with Gasteiger partial charge in [-0.3, -0.25) is 0 Å². The second kappa shape index (κ2) is 5.65. The lowest BCUT2D eigenvalue weighted by Crippen LogP contribution is -2.25. The van der Waals surface area contributed by atoms with E-state index >= 15 is 0 Å². The largest absolute Gasteiger partial charge is 0.493 e. The molecule has 1 aliphatic heterocycles. The van der Waals surface area contributed by atoms with Crippen molar-refractivity contribution in [3.05, 3.63) is 63.6 Å². The van der Waals surface area contributed by atoms with E-state index in [0.29, 0.717) is 16.7 Å². The van der Waals surface area contributed by atoms with E-state index < -0.39 is 0 Å². The van der Waals surface area contributed by atoms with Gasteiger partial charge in [0.1, 0.15) is 5.75 Å². The SMILES string of the molecule is CNC(c1cccc(Cl)c1Cl)C1COc2ccccc21. The van der Waals surface area contributed by atoms with Crippen LogP contribution in [0.15, 0.2) is 42.5 Å². The molecular weight excluding hydrogens is 293 g/mol. The van der Waals surface area contributed by atoms with Crippen molar-refractivity contribution < 1.29 is 4.74 Å². The van der Waals surface area contributed by atoms with Gasteiger partial charge in [0.05, 0.1) is 16.7 Å². The molecule has 0 amide bonds. The molecule has 0 radical (unpaired) electrons. The van der Waals surface area contributed by atoms with Gasteiger partial charge >= 0.3 is 0 Å². The molecule has 2 aromatic rings. The highest BCUT2D eigenvalue weighted by molar-refractivity contribution is 6.42. The third-order valence-electron chi connectivity index (χ3n) is 3.77. The van der Waals surface area contributed by atoms with E-state index in [2.05, 4.69) is 11.4 Å². The lowest BCUT2D eigenvalue weighted by molar-refractivity contribution is 0.304. The fourth-order valence-electron chi connectivity index (χ4n) is 2.80. The Kier molecular flexibility index (Phi) is 3.88. The number of likely N-dealkylation sites (N-methyl/N-ethyl adjacent to an activating group) is 1. The fraction of sp³-hybridized carbons (Fsp3) is 0.250. The smallest absolute Gasteiger partial charge is 0.122 e. The maximum Gasteiger partial charge on any atom is 0.122 e. The van der Waals surface area contributed by atoms with Gasteiger partial charge in [-0.05, 0) is 24.7 Å². The summed E-state index contributed by atoms with van der Waals surface area (Å²) < 4.78 is 5.77. The third-order valence-corrected chi connectivity index (χ3v) is 4.60. The molecule has 0 fully saturated rings. The first-order valence-corrected chi connectivity index (χ1v) is 7.31. The molecule has 0 spiro atoms. The molecule has 0 aromatic heterocycles. The Morgan fingerprint density at radius 3 is 2.75 bits per heavy atom. The summed E-state index contributed by atoms with van der Waals surface area (Å²) in [6.45, 7) is 0.647. The van der Waals surface area contributed by atoms with Crippen molar-refractivity contribution in [2.75, 3.05) is 13.7 Å². The van der Waals surface area contributed by atoms with Gasteiger partial charge < -0.3 is 10.1 Å². The van der Waals surface area contributed by atoms with Crippen LogP contribution in [0.25, 0.3) is 0 Å².